The van der Waals surface area contributed by atoms with Crippen molar-refractivity contribution >= 4 is 0 Å². The molecule has 3 heteroatoms. The molecular formula is C17H31N3. The van der Waals surface area contributed by atoms with E-state index in [-0.39, 0.29) is 0 Å². The topological polar surface area (TPSA) is 32.5 Å². The summed E-state index contributed by atoms with van der Waals surface area (Å²) in [7, 11) is 0. The van der Waals surface area contributed by atoms with Crippen molar-refractivity contribution in [2.45, 2.75) is 62.9 Å². The maximum Gasteiger partial charge on any atom is 0.0358 e. The molecular weight excluding hydrogens is 246 g/mol. The van der Waals surface area contributed by atoms with Gasteiger partial charge in [-0.15, -0.1) is 0 Å². The summed E-state index contributed by atoms with van der Waals surface area (Å²) in [5.74, 6) is 2.00. The Morgan fingerprint density at radius 1 is 1.00 bits per heavy atom. The second-order valence-electron chi connectivity index (χ2n) is 8.01. The largest absolute Gasteiger partial charge is 0.329 e. The molecule has 0 bridgehead atoms. The third kappa shape index (κ3) is 2.65. The predicted octanol–water partition coefficient (Wildman–Crippen LogP) is 2.06. The molecule has 2 aliphatic heterocycles. The molecule has 0 aromatic heterocycles. The summed E-state index contributed by atoms with van der Waals surface area (Å²) in [5.41, 5.74) is 6.70. The first-order valence-corrected chi connectivity index (χ1v) is 8.98. The van der Waals surface area contributed by atoms with Crippen molar-refractivity contribution in [2.24, 2.45) is 17.6 Å². The Balaban J connectivity index is 1.49. The van der Waals surface area contributed by atoms with E-state index in [0.717, 1.165) is 24.4 Å². The van der Waals surface area contributed by atoms with Crippen molar-refractivity contribution in [3.8, 4) is 0 Å². The summed E-state index contributed by atoms with van der Waals surface area (Å²) in [6, 6.07) is 0.841. The second kappa shape index (κ2) is 5.26. The molecule has 0 amide bonds. The lowest BCUT2D eigenvalue weighted by Gasteiger charge is -2.50. The number of piperidine rings is 1. The minimum Gasteiger partial charge on any atom is -0.329 e. The van der Waals surface area contributed by atoms with Crippen molar-refractivity contribution < 1.29 is 0 Å². The first-order valence-electron chi connectivity index (χ1n) is 8.98. The van der Waals surface area contributed by atoms with Gasteiger partial charge < -0.3 is 10.6 Å². The minimum absolute atomic E-state index is 0.344. The van der Waals surface area contributed by atoms with Gasteiger partial charge in [0.05, 0.1) is 0 Å². The summed E-state index contributed by atoms with van der Waals surface area (Å²) in [5, 5.41) is 0. The summed E-state index contributed by atoms with van der Waals surface area (Å²) in [6.07, 6.45) is 11.4. The van der Waals surface area contributed by atoms with Crippen LogP contribution in [0.25, 0.3) is 0 Å². The van der Waals surface area contributed by atoms with Crippen molar-refractivity contribution in [1.82, 2.24) is 9.80 Å². The lowest BCUT2D eigenvalue weighted by molar-refractivity contribution is 0.00437. The number of nitrogens with two attached hydrogens (primary N) is 1. The van der Waals surface area contributed by atoms with Gasteiger partial charge in [0.25, 0.3) is 0 Å². The normalized spacial score (nSPS) is 38.4. The second-order valence-corrected chi connectivity index (χ2v) is 8.01. The van der Waals surface area contributed by atoms with Crippen LogP contribution in [-0.4, -0.2) is 54.1 Å². The minimum atomic E-state index is 0.344. The fraction of sp³-hybridized carbons (Fsp3) is 1.00. The Hall–Kier alpha value is -0.120. The smallest absolute Gasteiger partial charge is 0.0358 e. The highest BCUT2D eigenvalue weighted by molar-refractivity contribution is 5.03. The molecule has 0 radical (unpaired) electrons. The first kappa shape index (κ1) is 13.5. The number of fused-ring (bicyclic) bond motifs is 1. The van der Waals surface area contributed by atoms with Crippen molar-refractivity contribution in [1.29, 1.82) is 0 Å². The molecule has 3 nitrogen and oxygen atoms in total. The molecule has 4 rings (SSSR count). The van der Waals surface area contributed by atoms with E-state index in [4.69, 9.17) is 5.73 Å². The standard InChI is InChI=1S/C17H31N3/c18-13-17(7-9-19-8-1-2-16(19)10-17)20(11-14-3-4-14)12-15-5-6-15/h14-16H,1-13,18H2. The van der Waals surface area contributed by atoms with E-state index in [1.807, 2.05) is 0 Å². The van der Waals surface area contributed by atoms with E-state index in [2.05, 4.69) is 9.80 Å². The van der Waals surface area contributed by atoms with Gasteiger partial charge in [-0.25, -0.2) is 0 Å². The van der Waals surface area contributed by atoms with Gasteiger partial charge in [0, 0.05) is 37.8 Å². The number of hydrogen-bond acceptors (Lipinski definition) is 3. The van der Waals surface area contributed by atoms with Gasteiger partial charge in [0.2, 0.25) is 0 Å². The van der Waals surface area contributed by atoms with Crippen LogP contribution in [0.2, 0.25) is 0 Å². The van der Waals surface area contributed by atoms with Gasteiger partial charge in [-0.3, -0.25) is 4.90 Å². The van der Waals surface area contributed by atoms with E-state index >= 15 is 0 Å². The zero-order valence-electron chi connectivity index (χ0n) is 12.9. The highest BCUT2D eigenvalue weighted by Crippen LogP contribution is 2.42. The first-order chi connectivity index (χ1) is 9.79. The summed E-state index contributed by atoms with van der Waals surface area (Å²) in [6.45, 7) is 6.22. The Bertz CT molecular complexity index is 336. The van der Waals surface area contributed by atoms with E-state index in [1.54, 1.807) is 0 Å². The molecule has 2 saturated heterocycles. The molecule has 0 aromatic rings. The average molecular weight is 277 g/mol. The zero-order valence-corrected chi connectivity index (χ0v) is 12.9. The molecule has 0 aromatic carbocycles. The maximum absolute atomic E-state index is 6.35. The highest BCUT2D eigenvalue weighted by atomic mass is 15.3. The van der Waals surface area contributed by atoms with Gasteiger partial charge in [0.1, 0.15) is 0 Å². The quantitative estimate of drug-likeness (QED) is 0.806. The number of nitrogens with zero attached hydrogens (tertiary/aromatic N) is 2. The Morgan fingerprint density at radius 3 is 2.30 bits per heavy atom. The van der Waals surface area contributed by atoms with Crippen LogP contribution in [0.3, 0.4) is 0 Å². The Morgan fingerprint density at radius 2 is 1.70 bits per heavy atom. The van der Waals surface area contributed by atoms with Crippen LogP contribution in [-0.2, 0) is 0 Å². The molecule has 2 unspecified atom stereocenters. The van der Waals surface area contributed by atoms with Gasteiger partial charge in [0.15, 0.2) is 0 Å². The van der Waals surface area contributed by atoms with E-state index in [1.165, 1.54) is 77.5 Å². The van der Waals surface area contributed by atoms with E-state index < -0.39 is 0 Å². The Labute approximate surface area is 123 Å². The fourth-order valence-corrected chi connectivity index (χ4v) is 4.60. The molecule has 2 heterocycles. The van der Waals surface area contributed by atoms with Gasteiger partial charge >= 0.3 is 0 Å². The number of rotatable bonds is 6. The van der Waals surface area contributed by atoms with E-state index in [0.29, 0.717) is 5.54 Å². The summed E-state index contributed by atoms with van der Waals surface area (Å²) in [4.78, 5) is 5.61. The fourth-order valence-electron chi connectivity index (χ4n) is 4.60. The van der Waals surface area contributed by atoms with E-state index in [9.17, 15) is 0 Å². The molecule has 2 aliphatic carbocycles. The van der Waals surface area contributed by atoms with Crippen LogP contribution < -0.4 is 5.73 Å². The Kier molecular flexibility index (Phi) is 3.56. The summed E-state index contributed by atoms with van der Waals surface area (Å²) < 4.78 is 0. The maximum atomic E-state index is 6.35. The monoisotopic (exact) mass is 277 g/mol. The molecule has 20 heavy (non-hydrogen) atoms. The molecule has 0 spiro atoms. The average Bonchev–Trinajstić information content (AvgIpc) is 3.39. The lowest BCUT2D eigenvalue weighted by atomic mass is 9.81. The summed E-state index contributed by atoms with van der Waals surface area (Å²) >= 11 is 0. The van der Waals surface area contributed by atoms with Crippen LogP contribution in [0, 0.1) is 11.8 Å². The third-order valence-corrected chi connectivity index (χ3v) is 6.38. The van der Waals surface area contributed by atoms with Gasteiger partial charge in [-0.2, -0.15) is 0 Å². The van der Waals surface area contributed by atoms with Gasteiger partial charge in [-0.1, -0.05) is 0 Å². The lowest BCUT2D eigenvalue weighted by Crippen LogP contribution is -2.61. The molecule has 2 saturated carbocycles. The molecule has 114 valence electrons. The molecule has 4 aliphatic rings. The predicted molar refractivity (Wildman–Crippen MR) is 82.6 cm³/mol. The van der Waals surface area contributed by atoms with Crippen molar-refractivity contribution in [3.05, 3.63) is 0 Å². The van der Waals surface area contributed by atoms with Crippen LogP contribution in [0.4, 0.5) is 0 Å². The van der Waals surface area contributed by atoms with Crippen LogP contribution in [0.15, 0.2) is 0 Å². The van der Waals surface area contributed by atoms with Crippen LogP contribution in [0.5, 0.6) is 0 Å². The number of hydrogen-bond donors (Lipinski definition) is 1. The van der Waals surface area contributed by atoms with Crippen molar-refractivity contribution in [2.75, 3.05) is 32.7 Å². The van der Waals surface area contributed by atoms with Gasteiger partial charge in [-0.05, 0) is 69.7 Å². The molecule has 4 fully saturated rings. The SMILES string of the molecule is NCC1(N(CC2CC2)CC2CC2)CCN2CCCC2C1. The van der Waals surface area contributed by atoms with Crippen LogP contribution in [0.1, 0.15) is 51.4 Å². The molecule has 2 atom stereocenters. The van der Waals surface area contributed by atoms with Crippen molar-refractivity contribution in [3.63, 3.8) is 0 Å². The van der Waals surface area contributed by atoms with Crippen LogP contribution >= 0.6 is 0 Å². The third-order valence-electron chi connectivity index (χ3n) is 6.38. The highest BCUT2D eigenvalue weighted by Gasteiger charge is 2.46. The zero-order chi connectivity index (χ0) is 13.6. The molecule has 2 N–H and O–H groups in total.